The van der Waals surface area contributed by atoms with Crippen molar-refractivity contribution in [1.29, 1.82) is 0 Å². The molecule has 0 aromatic heterocycles. The van der Waals surface area contributed by atoms with Gasteiger partial charge in [-0.1, -0.05) is 53.6 Å². The molecule has 0 saturated carbocycles. The molecule has 29 heavy (non-hydrogen) atoms. The first kappa shape index (κ1) is 21.3. The number of likely N-dealkylation sites (N-methyl/N-ethyl adjacent to an activating group) is 1. The van der Waals surface area contributed by atoms with Gasteiger partial charge in [0.05, 0.1) is 16.8 Å². The monoisotopic (exact) mass is 414 g/mol. The average Bonchev–Trinajstić information content (AvgIpc) is 2.72. The van der Waals surface area contributed by atoms with Crippen LogP contribution in [-0.4, -0.2) is 61.4 Å². The van der Waals surface area contributed by atoms with Crippen LogP contribution in [0.25, 0.3) is 0 Å². The second-order valence-electron chi connectivity index (χ2n) is 7.41. The molecule has 0 radical (unpaired) electrons. The second-order valence-corrected chi connectivity index (χ2v) is 7.82. The molecule has 1 aliphatic heterocycles. The lowest BCUT2D eigenvalue weighted by Gasteiger charge is -2.38. The van der Waals surface area contributed by atoms with Crippen LogP contribution in [-0.2, 0) is 9.59 Å². The highest BCUT2D eigenvalue weighted by atomic mass is 35.5. The third-order valence-corrected chi connectivity index (χ3v) is 5.55. The number of piperazine rings is 1. The van der Waals surface area contributed by atoms with Gasteiger partial charge < -0.3 is 15.5 Å². The van der Waals surface area contributed by atoms with E-state index in [-0.39, 0.29) is 6.04 Å². The molecule has 7 heteroatoms. The van der Waals surface area contributed by atoms with Gasteiger partial charge >= 0.3 is 11.8 Å². The van der Waals surface area contributed by atoms with Gasteiger partial charge in [0.1, 0.15) is 0 Å². The normalized spacial score (nSPS) is 16.2. The summed E-state index contributed by atoms with van der Waals surface area (Å²) in [6.45, 7) is 6.19. The highest BCUT2D eigenvalue weighted by Gasteiger charge is 2.25. The molecule has 2 amide bonds. The Morgan fingerprint density at radius 1 is 1.00 bits per heavy atom. The minimum absolute atomic E-state index is 0.0152. The van der Waals surface area contributed by atoms with Gasteiger partial charge in [0.2, 0.25) is 0 Å². The number of rotatable bonds is 5. The number of aryl methyl sites for hydroxylation is 1. The van der Waals surface area contributed by atoms with Gasteiger partial charge in [0, 0.05) is 32.7 Å². The van der Waals surface area contributed by atoms with Gasteiger partial charge in [-0.3, -0.25) is 14.5 Å². The molecule has 3 rings (SSSR count). The van der Waals surface area contributed by atoms with Crippen molar-refractivity contribution in [2.75, 3.05) is 45.1 Å². The lowest BCUT2D eigenvalue weighted by Crippen LogP contribution is -2.49. The number of halogens is 1. The Morgan fingerprint density at radius 3 is 2.31 bits per heavy atom. The third-order valence-electron chi connectivity index (χ3n) is 5.23. The number of carbonyl (C=O) groups excluding carboxylic acids is 2. The van der Waals surface area contributed by atoms with Crippen molar-refractivity contribution in [2.24, 2.45) is 0 Å². The Kier molecular flexibility index (Phi) is 7.25. The first-order chi connectivity index (χ1) is 13.9. The molecule has 154 valence electrons. The number of amides is 2. The summed E-state index contributed by atoms with van der Waals surface area (Å²) >= 11 is 6.05. The SMILES string of the molecule is Cc1ccc([C@@H](CNC(=O)C(=O)Nc2ccccc2Cl)N2CCN(C)CC2)cc1. The topological polar surface area (TPSA) is 64.7 Å². The Morgan fingerprint density at radius 2 is 1.66 bits per heavy atom. The molecule has 1 atom stereocenters. The predicted molar refractivity (Wildman–Crippen MR) is 116 cm³/mol. The van der Waals surface area contributed by atoms with Crippen molar-refractivity contribution in [2.45, 2.75) is 13.0 Å². The molecule has 1 heterocycles. The smallest absolute Gasteiger partial charge is 0.313 e. The van der Waals surface area contributed by atoms with Crippen LogP contribution in [0.3, 0.4) is 0 Å². The quantitative estimate of drug-likeness (QED) is 0.738. The minimum Gasteiger partial charge on any atom is -0.346 e. The zero-order valence-electron chi connectivity index (χ0n) is 16.8. The van der Waals surface area contributed by atoms with Gasteiger partial charge in [-0.25, -0.2) is 0 Å². The van der Waals surface area contributed by atoms with E-state index in [1.54, 1.807) is 24.3 Å². The standard InChI is InChI=1S/C22H27ClN4O2/c1-16-7-9-17(10-8-16)20(27-13-11-26(2)12-14-27)15-24-21(28)22(29)25-19-6-4-3-5-18(19)23/h3-10,20H,11-15H2,1-2H3,(H,24,28)(H,25,29)/t20-/m1/s1. The van der Waals surface area contributed by atoms with E-state index in [4.69, 9.17) is 11.6 Å². The number of anilines is 1. The Labute approximate surface area is 176 Å². The summed E-state index contributed by atoms with van der Waals surface area (Å²) in [6.07, 6.45) is 0. The maximum absolute atomic E-state index is 12.4. The first-order valence-corrected chi connectivity index (χ1v) is 10.1. The number of para-hydroxylation sites is 1. The summed E-state index contributed by atoms with van der Waals surface area (Å²) in [4.78, 5) is 29.3. The van der Waals surface area contributed by atoms with Crippen molar-refractivity contribution in [1.82, 2.24) is 15.1 Å². The number of carbonyl (C=O) groups is 2. The summed E-state index contributed by atoms with van der Waals surface area (Å²) < 4.78 is 0. The van der Waals surface area contributed by atoms with Gasteiger partial charge in [-0.15, -0.1) is 0 Å². The molecule has 1 aliphatic rings. The van der Waals surface area contributed by atoms with Crippen molar-refractivity contribution in [3.8, 4) is 0 Å². The molecular formula is C22H27ClN4O2. The van der Waals surface area contributed by atoms with Gasteiger partial charge in [-0.05, 0) is 31.7 Å². The summed E-state index contributed by atoms with van der Waals surface area (Å²) in [5, 5.41) is 5.75. The van der Waals surface area contributed by atoms with E-state index in [2.05, 4.69) is 58.7 Å². The van der Waals surface area contributed by atoms with Crippen LogP contribution in [0, 0.1) is 6.92 Å². The number of hydrogen-bond donors (Lipinski definition) is 2. The van der Waals surface area contributed by atoms with Gasteiger partial charge in [-0.2, -0.15) is 0 Å². The van der Waals surface area contributed by atoms with Crippen molar-refractivity contribution < 1.29 is 9.59 Å². The predicted octanol–water partition coefficient (Wildman–Crippen LogP) is 2.69. The van der Waals surface area contributed by atoms with Crippen molar-refractivity contribution >= 4 is 29.1 Å². The van der Waals surface area contributed by atoms with Crippen LogP contribution in [0.4, 0.5) is 5.69 Å². The summed E-state index contributed by atoms with van der Waals surface area (Å²) in [7, 11) is 2.11. The summed E-state index contributed by atoms with van der Waals surface area (Å²) in [5.41, 5.74) is 2.74. The molecule has 1 saturated heterocycles. The van der Waals surface area contributed by atoms with Crippen LogP contribution in [0.15, 0.2) is 48.5 Å². The molecule has 0 aliphatic carbocycles. The molecule has 6 nitrogen and oxygen atoms in total. The minimum atomic E-state index is -0.723. The van der Waals surface area contributed by atoms with Gasteiger partial charge in [0.25, 0.3) is 0 Å². The molecular weight excluding hydrogens is 388 g/mol. The number of nitrogens with one attached hydrogen (secondary N) is 2. The maximum Gasteiger partial charge on any atom is 0.313 e. The highest BCUT2D eigenvalue weighted by molar-refractivity contribution is 6.41. The first-order valence-electron chi connectivity index (χ1n) is 9.77. The van der Waals surface area contributed by atoms with Crippen LogP contribution in [0.2, 0.25) is 5.02 Å². The Bertz CT molecular complexity index is 848. The van der Waals surface area contributed by atoms with Crippen LogP contribution < -0.4 is 10.6 Å². The summed E-state index contributed by atoms with van der Waals surface area (Å²) in [5.74, 6) is -1.39. The van der Waals surface area contributed by atoms with E-state index in [1.165, 1.54) is 5.56 Å². The Balaban J connectivity index is 1.65. The number of hydrogen-bond acceptors (Lipinski definition) is 4. The fraction of sp³-hybridized carbons (Fsp3) is 0.364. The molecule has 1 fully saturated rings. The van der Waals surface area contributed by atoms with Crippen molar-refractivity contribution in [3.05, 3.63) is 64.7 Å². The summed E-state index contributed by atoms with van der Waals surface area (Å²) in [6, 6.07) is 15.2. The Hall–Kier alpha value is -2.41. The fourth-order valence-corrected chi connectivity index (χ4v) is 3.57. The number of benzene rings is 2. The van der Waals surface area contributed by atoms with Crippen molar-refractivity contribution in [3.63, 3.8) is 0 Å². The molecule has 2 aromatic rings. The lowest BCUT2D eigenvalue weighted by molar-refractivity contribution is -0.136. The van der Waals surface area contributed by atoms with E-state index in [9.17, 15) is 9.59 Å². The fourth-order valence-electron chi connectivity index (χ4n) is 3.39. The van der Waals surface area contributed by atoms with E-state index >= 15 is 0 Å². The zero-order chi connectivity index (χ0) is 20.8. The largest absolute Gasteiger partial charge is 0.346 e. The van der Waals surface area contributed by atoms with Crippen LogP contribution in [0.5, 0.6) is 0 Å². The van der Waals surface area contributed by atoms with Gasteiger partial charge in [0.15, 0.2) is 0 Å². The zero-order valence-corrected chi connectivity index (χ0v) is 17.6. The van der Waals surface area contributed by atoms with Crippen LogP contribution in [0.1, 0.15) is 17.2 Å². The average molecular weight is 415 g/mol. The molecule has 2 aromatic carbocycles. The maximum atomic E-state index is 12.4. The second kappa shape index (κ2) is 9.87. The molecule has 0 unspecified atom stereocenters. The molecule has 0 spiro atoms. The van der Waals surface area contributed by atoms with E-state index < -0.39 is 11.8 Å². The molecule has 2 N–H and O–H groups in total. The highest BCUT2D eigenvalue weighted by Crippen LogP contribution is 2.23. The van der Waals surface area contributed by atoms with E-state index in [0.29, 0.717) is 17.3 Å². The third kappa shape index (κ3) is 5.79. The number of nitrogens with zero attached hydrogens (tertiary/aromatic N) is 2. The van der Waals surface area contributed by atoms with E-state index in [0.717, 1.165) is 31.7 Å². The van der Waals surface area contributed by atoms with Crippen LogP contribution >= 0.6 is 11.6 Å². The van der Waals surface area contributed by atoms with E-state index in [1.807, 2.05) is 0 Å². The molecule has 0 bridgehead atoms. The lowest BCUT2D eigenvalue weighted by atomic mass is 10.0.